The summed E-state index contributed by atoms with van der Waals surface area (Å²) in [6, 6.07) is 1.94. The van der Waals surface area contributed by atoms with E-state index in [1.165, 1.54) is 0 Å². The molecule has 5 heteroatoms. The van der Waals surface area contributed by atoms with Crippen LogP contribution in [0.4, 0.5) is 5.69 Å². The number of anilines is 1. The highest BCUT2D eigenvalue weighted by molar-refractivity contribution is 5.45. The summed E-state index contributed by atoms with van der Waals surface area (Å²) in [7, 11) is 0. The van der Waals surface area contributed by atoms with Crippen LogP contribution in [-0.2, 0) is 6.54 Å². The van der Waals surface area contributed by atoms with E-state index >= 15 is 0 Å². The van der Waals surface area contributed by atoms with Gasteiger partial charge in [0.25, 0.3) is 0 Å². The topological polar surface area (TPSA) is 52.0 Å². The van der Waals surface area contributed by atoms with E-state index in [0.29, 0.717) is 0 Å². The summed E-state index contributed by atoms with van der Waals surface area (Å²) in [4.78, 5) is 4.16. The first-order chi connectivity index (χ1) is 9.31. The number of pyridine rings is 1. The Hall–Kier alpha value is -2.04. The van der Waals surface area contributed by atoms with Gasteiger partial charge in [-0.3, -0.25) is 9.67 Å². The van der Waals surface area contributed by atoms with Crippen molar-refractivity contribution >= 4 is 5.69 Å². The Morgan fingerprint density at radius 3 is 2.84 bits per heavy atom. The molecule has 0 atom stereocenters. The molecule has 0 aliphatic rings. The lowest BCUT2D eigenvalue weighted by molar-refractivity contribution is 0.478. The summed E-state index contributed by atoms with van der Waals surface area (Å²) >= 11 is 0. The second-order valence-electron chi connectivity index (χ2n) is 4.38. The molecule has 0 amide bonds. The van der Waals surface area contributed by atoms with Crippen molar-refractivity contribution in [1.29, 1.82) is 0 Å². The Morgan fingerprint density at radius 1 is 1.16 bits per heavy atom. The number of ether oxygens (including phenoxy) is 1. The Kier molecular flexibility index (Phi) is 4.78. The first kappa shape index (κ1) is 13.4. The third-order valence-corrected chi connectivity index (χ3v) is 2.59. The number of rotatable bonds is 7. The van der Waals surface area contributed by atoms with Crippen molar-refractivity contribution in [3.63, 3.8) is 0 Å². The second-order valence-corrected chi connectivity index (χ2v) is 4.38. The molecule has 1 N–H and O–H groups in total. The van der Waals surface area contributed by atoms with Crippen molar-refractivity contribution in [3.8, 4) is 11.5 Å². The molecule has 0 radical (unpaired) electrons. The second kappa shape index (κ2) is 6.78. The van der Waals surface area contributed by atoms with Crippen LogP contribution in [0.15, 0.2) is 30.9 Å². The van der Waals surface area contributed by atoms with Crippen LogP contribution in [-0.4, -0.2) is 21.3 Å². The van der Waals surface area contributed by atoms with E-state index in [9.17, 15) is 0 Å². The first-order valence-electron chi connectivity index (χ1n) is 6.71. The van der Waals surface area contributed by atoms with Crippen LogP contribution in [0.2, 0.25) is 0 Å². The minimum atomic E-state index is 0.720. The zero-order valence-corrected chi connectivity index (χ0v) is 11.5. The lowest BCUT2D eigenvalue weighted by atomic mass is 10.3. The Labute approximate surface area is 113 Å². The summed E-state index contributed by atoms with van der Waals surface area (Å²) < 4.78 is 7.62. The normalized spacial score (nSPS) is 10.4. The van der Waals surface area contributed by atoms with Gasteiger partial charge in [-0.2, -0.15) is 5.10 Å². The summed E-state index contributed by atoms with van der Waals surface area (Å²) in [5, 5.41) is 7.51. The third kappa shape index (κ3) is 3.98. The van der Waals surface area contributed by atoms with Crippen LogP contribution in [0.25, 0.3) is 0 Å². The quantitative estimate of drug-likeness (QED) is 0.830. The van der Waals surface area contributed by atoms with Crippen LogP contribution >= 0.6 is 0 Å². The van der Waals surface area contributed by atoms with Gasteiger partial charge >= 0.3 is 0 Å². The highest BCUT2D eigenvalue weighted by atomic mass is 16.5. The largest absolute Gasteiger partial charge is 0.452 e. The molecule has 0 fully saturated rings. The molecule has 102 valence electrons. The summed E-state index contributed by atoms with van der Waals surface area (Å²) in [6.07, 6.45) is 9.25. The molecular formula is C14H20N4O. The van der Waals surface area contributed by atoms with Crippen LogP contribution in [0.5, 0.6) is 11.5 Å². The molecule has 0 aromatic carbocycles. The van der Waals surface area contributed by atoms with Gasteiger partial charge in [0.15, 0.2) is 5.75 Å². The van der Waals surface area contributed by atoms with Gasteiger partial charge < -0.3 is 10.1 Å². The van der Waals surface area contributed by atoms with Crippen LogP contribution in [0.1, 0.15) is 26.7 Å². The predicted octanol–water partition coefficient (Wildman–Crippen LogP) is 3.30. The molecule has 2 heterocycles. The van der Waals surface area contributed by atoms with E-state index in [0.717, 1.165) is 43.1 Å². The first-order valence-corrected chi connectivity index (χ1v) is 6.71. The number of aromatic nitrogens is 3. The van der Waals surface area contributed by atoms with E-state index in [1.807, 2.05) is 16.9 Å². The molecule has 5 nitrogen and oxygen atoms in total. The third-order valence-electron chi connectivity index (χ3n) is 2.59. The maximum absolute atomic E-state index is 5.74. The molecular weight excluding hydrogens is 240 g/mol. The van der Waals surface area contributed by atoms with Gasteiger partial charge in [-0.25, -0.2) is 0 Å². The average Bonchev–Trinajstić information content (AvgIpc) is 2.85. The number of hydrogen-bond donors (Lipinski definition) is 1. The lowest BCUT2D eigenvalue weighted by Gasteiger charge is -2.06. The molecule has 0 unspecified atom stereocenters. The Bertz CT molecular complexity index is 510. The fourth-order valence-corrected chi connectivity index (χ4v) is 1.73. The van der Waals surface area contributed by atoms with E-state index in [1.54, 1.807) is 18.6 Å². The molecule has 0 bridgehead atoms. The fourth-order valence-electron chi connectivity index (χ4n) is 1.73. The zero-order chi connectivity index (χ0) is 13.5. The number of hydrogen-bond acceptors (Lipinski definition) is 4. The monoisotopic (exact) mass is 260 g/mol. The van der Waals surface area contributed by atoms with Gasteiger partial charge in [-0.05, 0) is 12.8 Å². The summed E-state index contributed by atoms with van der Waals surface area (Å²) in [6.45, 7) is 6.08. The van der Waals surface area contributed by atoms with E-state index in [-0.39, 0.29) is 0 Å². The van der Waals surface area contributed by atoms with Crippen molar-refractivity contribution in [2.75, 3.05) is 11.9 Å². The van der Waals surface area contributed by atoms with E-state index < -0.39 is 0 Å². The average molecular weight is 260 g/mol. The molecule has 0 saturated heterocycles. The van der Waals surface area contributed by atoms with Crippen LogP contribution < -0.4 is 10.1 Å². The standard InChI is InChI=1S/C14H20N4O/c1-3-5-16-12-7-13(9-15-8-12)19-14-10-17-18(11-14)6-4-2/h7-11,16H,3-6H2,1-2H3. The molecule has 2 rings (SSSR count). The molecule has 0 saturated carbocycles. The van der Waals surface area contributed by atoms with Crippen molar-refractivity contribution < 1.29 is 4.74 Å². The molecule has 2 aromatic heterocycles. The smallest absolute Gasteiger partial charge is 0.165 e. The molecule has 0 spiro atoms. The van der Waals surface area contributed by atoms with Crippen LogP contribution in [0, 0.1) is 0 Å². The van der Waals surface area contributed by atoms with Gasteiger partial charge in [0.1, 0.15) is 5.75 Å². The van der Waals surface area contributed by atoms with E-state index in [2.05, 4.69) is 29.2 Å². The summed E-state index contributed by atoms with van der Waals surface area (Å²) in [5.74, 6) is 1.46. The van der Waals surface area contributed by atoms with Gasteiger partial charge in [0.2, 0.25) is 0 Å². The van der Waals surface area contributed by atoms with Gasteiger partial charge in [0, 0.05) is 19.2 Å². The lowest BCUT2D eigenvalue weighted by Crippen LogP contribution is -2.00. The number of aryl methyl sites for hydroxylation is 1. The number of nitrogens with one attached hydrogen (secondary N) is 1. The van der Waals surface area contributed by atoms with Crippen molar-refractivity contribution in [1.82, 2.24) is 14.8 Å². The van der Waals surface area contributed by atoms with Gasteiger partial charge in [-0.1, -0.05) is 13.8 Å². The highest BCUT2D eigenvalue weighted by Gasteiger charge is 2.02. The summed E-state index contributed by atoms with van der Waals surface area (Å²) in [5.41, 5.74) is 0.973. The fraction of sp³-hybridized carbons (Fsp3) is 0.429. The minimum absolute atomic E-state index is 0.720. The van der Waals surface area contributed by atoms with Crippen LogP contribution in [0.3, 0.4) is 0 Å². The van der Waals surface area contributed by atoms with Crippen molar-refractivity contribution in [3.05, 3.63) is 30.9 Å². The van der Waals surface area contributed by atoms with Crippen molar-refractivity contribution in [2.45, 2.75) is 33.2 Å². The van der Waals surface area contributed by atoms with Gasteiger partial charge in [0.05, 0.1) is 30.5 Å². The predicted molar refractivity (Wildman–Crippen MR) is 75.6 cm³/mol. The molecule has 0 aliphatic carbocycles. The maximum Gasteiger partial charge on any atom is 0.165 e. The highest BCUT2D eigenvalue weighted by Crippen LogP contribution is 2.22. The van der Waals surface area contributed by atoms with Gasteiger partial charge in [-0.15, -0.1) is 0 Å². The SMILES string of the molecule is CCCNc1cncc(Oc2cnn(CCC)c2)c1. The molecule has 19 heavy (non-hydrogen) atoms. The van der Waals surface area contributed by atoms with E-state index in [4.69, 9.17) is 4.74 Å². The maximum atomic E-state index is 5.74. The minimum Gasteiger partial charge on any atom is -0.452 e. The Balaban J connectivity index is 2.01. The number of nitrogens with zero attached hydrogens (tertiary/aromatic N) is 3. The molecule has 0 aliphatic heterocycles. The zero-order valence-electron chi connectivity index (χ0n) is 11.5. The molecule has 2 aromatic rings. The Morgan fingerprint density at radius 2 is 2.05 bits per heavy atom. The van der Waals surface area contributed by atoms with Crippen molar-refractivity contribution in [2.24, 2.45) is 0 Å².